The van der Waals surface area contributed by atoms with E-state index in [1.807, 2.05) is 6.92 Å². The van der Waals surface area contributed by atoms with Crippen molar-refractivity contribution in [3.05, 3.63) is 28.8 Å². The van der Waals surface area contributed by atoms with E-state index in [9.17, 15) is 9.59 Å². The molecule has 4 nitrogen and oxygen atoms in total. The number of carboxylic acid groups (broad SMARTS) is 1. The predicted molar refractivity (Wildman–Crippen MR) is 80.3 cm³/mol. The number of benzene rings is 1. The third-order valence-corrected chi connectivity index (χ3v) is 3.47. The number of carbonyl (C=O) groups is 2. The van der Waals surface area contributed by atoms with Gasteiger partial charge in [-0.3, -0.25) is 4.79 Å². The number of unbranched alkanes of at least 4 members (excludes halogenated alkanes) is 1. The van der Waals surface area contributed by atoms with Crippen molar-refractivity contribution in [3.63, 3.8) is 0 Å². The first-order valence-corrected chi connectivity index (χ1v) is 7.21. The molecule has 1 rings (SSSR count). The third kappa shape index (κ3) is 4.53. The van der Waals surface area contributed by atoms with E-state index in [4.69, 9.17) is 16.7 Å². The lowest BCUT2D eigenvalue weighted by molar-refractivity contribution is -0.120. The maximum atomic E-state index is 12.2. The number of carbonyl (C=O) groups excluding carboxylic acids is 1. The van der Waals surface area contributed by atoms with Crippen LogP contribution < -0.4 is 5.32 Å². The number of hydrogen-bond donors (Lipinski definition) is 2. The number of anilines is 1. The summed E-state index contributed by atoms with van der Waals surface area (Å²) in [5.41, 5.74) is 0.304. The Balaban J connectivity index is 2.88. The van der Waals surface area contributed by atoms with E-state index in [0.29, 0.717) is 5.02 Å². The molecule has 110 valence electrons. The lowest BCUT2D eigenvalue weighted by atomic mass is 9.98. The first-order chi connectivity index (χ1) is 9.49. The number of amides is 1. The Morgan fingerprint density at radius 3 is 2.60 bits per heavy atom. The van der Waals surface area contributed by atoms with Crippen molar-refractivity contribution in [3.8, 4) is 0 Å². The van der Waals surface area contributed by atoms with Crippen molar-refractivity contribution >= 4 is 29.2 Å². The van der Waals surface area contributed by atoms with Crippen LogP contribution >= 0.6 is 11.6 Å². The summed E-state index contributed by atoms with van der Waals surface area (Å²) in [7, 11) is 0. The maximum absolute atomic E-state index is 12.2. The fourth-order valence-corrected chi connectivity index (χ4v) is 2.18. The van der Waals surface area contributed by atoms with E-state index in [1.165, 1.54) is 18.2 Å². The molecule has 0 radical (unpaired) electrons. The van der Waals surface area contributed by atoms with Crippen LogP contribution in [0.2, 0.25) is 5.02 Å². The molecule has 0 heterocycles. The average Bonchev–Trinajstić information content (AvgIpc) is 2.39. The first-order valence-electron chi connectivity index (χ1n) is 6.83. The molecular weight excluding hydrogens is 278 g/mol. The van der Waals surface area contributed by atoms with Crippen LogP contribution in [0.1, 0.15) is 49.9 Å². The highest BCUT2D eigenvalue weighted by molar-refractivity contribution is 6.31. The summed E-state index contributed by atoms with van der Waals surface area (Å²) >= 11 is 5.86. The maximum Gasteiger partial charge on any atom is 0.337 e. The van der Waals surface area contributed by atoms with Gasteiger partial charge in [0.15, 0.2) is 0 Å². The molecule has 0 aliphatic heterocycles. The molecule has 0 fully saturated rings. The second kappa shape index (κ2) is 7.90. The van der Waals surface area contributed by atoms with Gasteiger partial charge in [-0.25, -0.2) is 4.79 Å². The number of aromatic carboxylic acids is 1. The second-order valence-electron chi connectivity index (χ2n) is 4.73. The Labute approximate surface area is 124 Å². The van der Waals surface area contributed by atoms with Crippen molar-refractivity contribution < 1.29 is 14.7 Å². The summed E-state index contributed by atoms with van der Waals surface area (Å²) in [6.07, 6.45) is 3.55. The highest BCUT2D eigenvalue weighted by Crippen LogP contribution is 2.23. The van der Waals surface area contributed by atoms with Crippen LogP contribution in [0.5, 0.6) is 0 Å². The molecule has 0 saturated heterocycles. The van der Waals surface area contributed by atoms with Crippen LogP contribution in [0, 0.1) is 5.92 Å². The summed E-state index contributed by atoms with van der Waals surface area (Å²) in [5.74, 6) is -1.33. The van der Waals surface area contributed by atoms with E-state index in [1.54, 1.807) is 0 Å². The molecule has 1 unspecified atom stereocenters. The van der Waals surface area contributed by atoms with Crippen LogP contribution in [-0.2, 0) is 4.79 Å². The fourth-order valence-electron chi connectivity index (χ4n) is 2.01. The van der Waals surface area contributed by atoms with Crippen molar-refractivity contribution in [2.24, 2.45) is 5.92 Å². The standard InChI is InChI=1S/C15H20ClNO3/c1-3-5-6-10(4-2)14(18)17-13-9-11(16)7-8-12(13)15(19)20/h7-10H,3-6H2,1-2H3,(H,17,18)(H,19,20). The Hall–Kier alpha value is -1.55. The van der Waals surface area contributed by atoms with Gasteiger partial charge in [-0.05, 0) is 31.0 Å². The van der Waals surface area contributed by atoms with Gasteiger partial charge in [0.1, 0.15) is 0 Å². The highest BCUT2D eigenvalue weighted by Gasteiger charge is 2.19. The van der Waals surface area contributed by atoms with Gasteiger partial charge in [-0.2, -0.15) is 0 Å². The number of rotatable bonds is 7. The number of carboxylic acids is 1. The van der Waals surface area contributed by atoms with Crippen molar-refractivity contribution in [2.75, 3.05) is 5.32 Å². The van der Waals surface area contributed by atoms with E-state index in [2.05, 4.69) is 12.2 Å². The highest BCUT2D eigenvalue weighted by atomic mass is 35.5. The predicted octanol–water partition coefficient (Wildman–Crippen LogP) is 4.19. The molecule has 0 saturated carbocycles. The van der Waals surface area contributed by atoms with Crippen LogP contribution in [-0.4, -0.2) is 17.0 Å². The largest absolute Gasteiger partial charge is 0.478 e. The Bertz CT molecular complexity index is 488. The summed E-state index contributed by atoms with van der Waals surface area (Å²) < 4.78 is 0. The van der Waals surface area contributed by atoms with Gasteiger partial charge in [0.2, 0.25) is 5.91 Å². The van der Waals surface area contributed by atoms with Crippen molar-refractivity contribution in [2.45, 2.75) is 39.5 Å². The van der Waals surface area contributed by atoms with Gasteiger partial charge in [0.05, 0.1) is 11.3 Å². The topological polar surface area (TPSA) is 66.4 Å². The summed E-state index contributed by atoms with van der Waals surface area (Å²) in [4.78, 5) is 23.3. The molecule has 0 aliphatic rings. The van der Waals surface area contributed by atoms with Crippen LogP contribution in [0.15, 0.2) is 18.2 Å². The molecule has 0 aromatic heterocycles. The molecule has 1 aromatic carbocycles. The monoisotopic (exact) mass is 297 g/mol. The molecule has 5 heteroatoms. The molecule has 0 bridgehead atoms. The second-order valence-corrected chi connectivity index (χ2v) is 5.17. The zero-order valence-corrected chi connectivity index (χ0v) is 12.5. The van der Waals surface area contributed by atoms with Crippen molar-refractivity contribution in [1.82, 2.24) is 0 Å². The summed E-state index contributed by atoms with van der Waals surface area (Å²) in [6.45, 7) is 4.03. The number of halogens is 1. The Morgan fingerprint density at radius 1 is 1.35 bits per heavy atom. The van der Waals surface area contributed by atoms with Gasteiger partial charge in [0.25, 0.3) is 0 Å². The smallest absolute Gasteiger partial charge is 0.337 e. The van der Waals surface area contributed by atoms with Crippen LogP contribution in [0.3, 0.4) is 0 Å². The van der Waals surface area contributed by atoms with E-state index in [0.717, 1.165) is 25.7 Å². The van der Waals surface area contributed by atoms with Crippen LogP contribution in [0.4, 0.5) is 5.69 Å². The van der Waals surface area contributed by atoms with Crippen molar-refractivity contribution in [1.29, 1.82) is 0 Å². The van der Waals surface area contributed by atoms with E-state index >= 15 is 0 Å². The molecule has 1 aromatic rings. The quantitative estimate of drug-likeness (QED) is 0.793. The van der Waals surface area contributed by atoms with E-state index in [-0.39, 0.29) is 23.1 Å². The molecule has 0 aliphatic carbocycles. The van der Waals surface area contributed by atoms with Gasteiger partial charge in [-0.1, -0.05) is 38.3 Å². The number of nitrogens with one attached hydrogen (secondary N) is 1. The summed E-state index contributed by atoms with van der Waals surface area (Å²) in [5, 5.41) is 12.2. The molecular formula is C15H20ClNO3. The van der Waals surface area contributed by atoms with Gasteiger partial charge >= 0.3 is 5.97 Å². The van der Waals surface area contributed by atoms with Gasteiger partial charge < -0.3 is 10.4 Å². The lowest BCUT2D eigenvalue weighted by Crippen LogP contribution is -2.23. The Kier molecular flexibility index (Phi) is 6.52. The fraction of sp³-hybridized carbons (Fsp3) is 0.467. The average molecular weight is 298 g/mol. The van der Waals surface area contributed by atoms with Crippen LogP contribution in [0.25, 0.3) is 0 Å². The molecule has 0 spiro atoms. The minimum atomic E-state index is -1.08. The minimum Gasteiger partial charge on any atom is -0.478 e. The van der Waals surface area contributed by atoms with Gasteiger partial charge in [0, 0.05) is 10.9 Å². The lowest BCUT2D eigenvalue weighted by Gasteiger charge is -2.16. The third-order valence-electron chi connectivity index (χ3n) is 3.24. The van der Waals surface area contributed by atoms with Gasteiger partial charge in [-0.15, -0.1) is 0 Å². The molecule has 20 heavy (non-hydrogen) atoms. The Morgan fingerprint density at radius 2 is 2.05 bits per heavy atom. The van der Waals surface area contributed by atoms with E-state index < -0.39 is 5.97 Å². The first kappa shape index (κ1) is 16.5. The molecule has 1 atom stereocenters. The zero-order chi connectivity index (χ0) is 15.1. The molecule has 1 amide bonds. The molecule has 2 N–H and O–H groups in total. The minimum absolute atomic E-state index is 0.0492. The normalized spacial score (nSPS) is 11.9. The number of hydrogen-bond acceptors (Lipinski definition) is 2. The zero-order valence-electron chi connectivity index (χ0n) is 11.8. The SMILES string of the molecule is CCCCC(CC)C(=O)Nc1cc(Cl)ccc1C(=O)O. The summed E-state index contributed by atoms with van der Waals surface area (Å²) in [6, 6.07) is 4.36.